The number of benzene rings is 1. The first-order valence-electron chi connectivity index (χ1n) is 7.59. The highest BCUT2D eigenvalue weighted by atomic mass is 16.2. The van der Waals surface area contributed by atoms with Crippen molar-refractivity contribution >= 4 is 11.7 Å². The van der Waals surface area contributed by atoms with Crippen molar-refractivity contribution in [3.63, 3.8) is 0 Å². The number of hydrogen-bond acceptors (Lipinski definition) is 3. The molecule has 2 heterocycles. The SMILES string of the molecule is CCn1ccc(C(=O)Nc2cc(C)nn2Cc2ccccc2)n1. The molecule has 0 aliphatic heterocycles. The van der Waals surface area contributed by atoms with E-state index >= 15 is 0 Å². The molecule has 0 unspecified atom stereocenters. The maximum absolute atomic E-state index is 12.3. The van der Waals surface area contributed by atoms with Crippen LogP contribution in [-0.2, 0) is 13.1 Å². The summed E-state index contributed by atoms with van der Waals surface area (Å²) in [5.74, 6) is 0.439. The number of amides is 1. The van der Waals surface area contributed by atoms with E-state index in [9.17, 15) is 4.79 Å². The summed E-state index contributed by atoms with van der Waals surface area (Å²) < 4.78 is 3.51. The van der Waals surface area contributed by atoms with Crippen LogP contribution in [0.2, 0.25) is 0 Å². The van der Waals surface area contributed by atoms with Crippen LogP contribution in [0.5, 0.6) is 0 Å². The van der Waals surface area contributed by atoms with Crippen LogP contribution in [0, 0.1) is 6.92 Å². The standard InChI is InChI=1S/C17H19N5O/c1-3-21-10-9-15(20-21)17(23)18-16-11-13(2)19-22(16)12-14-7-5-4-6-8-14/h4-11H,3,12H2,1-2H3,(H,18,23). The lowest BCUT2D eigenvalue weighted by atomic mass is 10.2. The first kappa shape index (κ1) is 15.0. The molecule has 23 heavy (non-hydrogen) atoms. The molecule has 0 saturated carbocycles. The Morgan fingerprint density at radius 3 is 2.65 bits per heavy atom. The number of carbonyl (C=O) groups excluding carboxylic acids is 1. The molecule has 1 N–H and O–H groups in total. The summed E-state index contributed by atoms with van der Waals surface area (Å²) in [6, 6.07) is 13.6. The minimum atomic E-state index is -0.230. The number of rotatable bonds is 5. The summed E-state index contributed by atoms with van der Waals surface area (Å²) in [5, 5.41) is 11.6. The molecule has 0 saturated heterocycles. The number of aryl methyl sites for hydroxylation is 2. The van der Waals surface area contributed by atoms with Crippen LogP contribution in [0.25, 0.3) is 0 Å². The van der Waals surface area contributed by atoms with Gasteiger partial charge < -0.3 is 5.32 Å². The van der Waals surface area contributed by atoms with Gasteiger partial charge >= 0.3 is 0 Å². The van der Waals surface area contributed by atoms with E-state index in [-0.39, 0.29) is 5.91 Å². The van der Waals surface area contributed by atoms with Crippen LogP contribution in [0.15, 0.2) is 48.7 Å². The average Bonchev–Trinajstić information content (AvgIpc) is 3.15. The van der Waals surface area contributed by atoms with Gasteiger partial charge in [-0.05, 0) is 25.5 Å². The van der Waals surface area contributed by atoms with Gasteiger partial charge in [0.25, 0.3) is 5.91 Å². The van der Waals surface area contributed by atoms with Crippen LogP contribution in [0.1, 0.15) is 28.7 Å². The number of hydrogen-bond donors (Lipinski definition) is 1. The van der Waals surface area contributed by atoms with E-state index in [1.165, 1.54) is 0 Å². The quantitative estimate of drug-likeness (QED) is 0.788. The number of nitrogens with one attached hydrogen (secondary N) is 1. The lowest BCUT2D eigenvalue weighted by Crippen LogP contribution is -2.17. The zero-order valence-corrected chi connectivity index (χ0v) is 13.2. The number of anilines is 1. The third-order valence-corrected chi connectivity index (χ3v) is 3.52. The summed E-state index contributed by atoms with van der Waals surface area (Å²) in [7, 11) is 0. The Morgan fingerprint density at radius 2 is 1.96 bits per heavy atom. The second-order valence-corrected chi connectivity index (χ2v) is 5.33. The van der Waals surface area contributed by atoms with Gasteiger partial charge in [-0.2, -0.15) is 10.2 Å². The van der Waals surface area contributed by atoms with Crippen molar-refractivity contribution in [3.8, 4) is 0 Å². The van der Waals surface area contributed by atoms with Gasteiger partial charge in [0.1, 0.15) is 5.82 Å². The molecular formula is C17H19N5O. The molecule has 0 fully saturated rings. The molecule has 1 aromatic carbocycles. The average molecular weight is 309 g/mol. The third-order valence-electron chi connectivity index (χ3n) is 3.52. The third kappa shape index (κ3) is 3.48. The Morgan fingerprint density at radius 1 is 1.17 bits per heavy atom. The van der Waals surface area contributed by atoms with E-state index in [0.717, 1.165) is 17.8 Å². The van der Waals surface area contributed by atoms with Gasteiger partial charge in [0, 0.05) is 18.8 Å². The van der Waals surface area contributed by atoms with Crippen molar-refractivity contribution in [2.45, 2.75) is 26.9 Å². The monoisotopic (exact) mass is 309 g/mol. The van der Waals surface area contributed by atoms with Crippen LogP contribution in [-0.4, -0.2) is 25.5 Å². The van der Waals surface area contributed by atoms with Gasteiger partial charge in [-0.25, -0.2) is 4.68 Å². The van der Waals surface area contributed by atoms with E-state index in [2.05, 4.69) is 15.5 Å². The highest BCUT2D eigenvalue weighted by Crippen LogP contribution is 2.14. The summed E-state index contributed by atoms with van der Waals surface area (Å²) in [6.07, 6.45) is 1.79. The molecule has 0 bridgehead atoms. The molecule has 6 heteroatoms. The predicted octanol–water partition coefficient (Wildman–Crippen LogP) is 2.71. The first-order valence-corrected chi connectivity index (χ1v) is 7.59. The summed E-state index contributed by atoms with van der Waals surface area (Å²) in [4.78, 5) is 12.3. The van der Waals surface area contributed by atoms with Crippen molar-refractivity contribution in [3.05, 3.63) is 65.6 Å². The summed E-state index contributed by atoms with van der Waals surface area (Å²) >= 11 is 0. The normalized spacial score (nSPS) is 10.7. The zero-order chi connectivity index (χ0) is 16.2. The van der Waals surface area contributed by atoms with E-state index in [0.29, 0.717) is 18.1 Å². The Labute approximate surface area is 134 Å². The number of nitrogens with zero attached hydrogens (tertiary/aromatic N) is 4. The van der Waals surface area contributed by atoms with Crippen molar-refractivity contribution < 1.29 is 4.79 Å². The first-order chi connectivity index (χ1) is 11.2. The summed E-state index contributed by atoms with van der Waals surface area (Å²) in [6.45, 7) is 5.22. The highest BCUT2D eigenvalue weighted by Gasteiger charge is 2.13. The van der Waals surface area contributed by atoms with Crippen molar-refractivity contribution in [2.75, 3.05) is 5.32 Å². The minimum absolute atomic E-state index is 0.230. The van der Waals surface area contributed by atoms with E-state index in [4.69, 9.17) is 0 Å². The number of aromatic nitrogens is 4. The lowest BCUT2D eigenvalue weighted by Gasteiger charge is -2.08. The highest BCUT2D eigenvalue weighted by molar-refractivity contribution is 6.02. The molecule has 2 aromatic heterocycles. The maximum Gasteiger partial charge on any atom is 0.277 e. The molecule has 0 atom stereocenters. The minimum Gasteiger partial charge on any atom is -0.305 e. The van der Waals surface area contributed by atoms with E-state index in [1.54, 1.807) is 21.6 Å². The van der Waals surface area contributed by atoms with Gasteiger partial charge in [-0.15, -0.1) is 0 Å². The maximum atomic E-state index is 12.3. The molecular weight excluding hydrogens is 290 g/mol. The molecule has 6 nitrogen and oxygen atoms in total. The zero-order valence-electron chi connectivity index (χ0n) is 13.2. The van der Waals surface area contributed by atoms with Gasteiger partial charge in [0.2, 0.25) is 0 Å². The van der Waals surface area contributed by atoms with Gasteiger partial charge in [0.15, 0.2) is 5.69 Å². The van der Waals surface area contributed by atoms with Gasteiger partial charge in [0.05, 0.1) is 12.2 Å². The molecule has 0 aliphatic carbocycles. The van der Waals surface area contributed by atoms with Crippen LogP contribution in [0.3, 0.4) is 0 Å². The van der Waals surface area contributed by atoms with Crippen molar-refractivity contribution in [2.24, 2.45) is 0 Å². The van der Waals surface area contributed by atoms with E-state index in [1.807, 2.05) is 50.2 Å². The molecule has 1 amide bonds. The van der Waals surface area contributed by atoms with Crippen LogP contribution >= 0.6 is 0 Å². The van der Waals surface area contributed by atoms with Crippen molar-refractivity contribution in [1.29, 1.82) is 0 Å². The molecule has 0 radical (unpaired) electrons. The van der Waals surface area contributed by atoms with Crippen LogP contribution < -0.4 is 5.32 Å². The predicted molar refractivity (Wildman–Crippen MR) is 88.4 cm³/mol. The Balaban J connectivity index is 1.78. The smallest absolute Gasteiger partial charge is 0.277 e. The molecule has 3 aromatic rings. The van der Waals surface area contributed by atoms with Gasteiger partial charge in [-0.1, -0.05) is 30.3 Å². The molecule has 3 rings (SSSR count). The second-order valence-electron chi connectivity index (χ2n) is 5.33. The Bertz CT molecular complexity index is 804. The largest absolute Gasteiger partial charge is 0.305 e. The van der Waals surface area contributed by atoms with E-state index < -0.39 is 0 Å². The topological polar surface area (TPSA) is 64.7 Å². The fourth-order valence-electron chi connectivity index (χ4n) is 2.36. The van der Waals surface area contributed by atoms with Crippen molar-refractivity contribution in [1.82, 2.24) is 19.6 Å². The molecule has 0 spiro atoms. The molecule has 0 aliphatic rings. The second kappa shape index (κ2) is 6.48. The molecule has 118 valence electrons. The fourth-order valence-corrected chi connectivity index (χ4v) is 2.36. The fraction of sp³-hybridized carbons (Fsp3) is 0.235. The Hall–Kier alpha value is -2.89. The van der Waals surface area contributed by atoms with Crippen LogP contribution in [0.4, 0.5) is 5.82 Å². The number of carbonyl (C=O) groups is 1. The Kier molecular flexibility index (Phi) is 4.23. The lowest BCUT2D eigenvalue weighted by molar-refractivity contribution is 0.102. The summed E-state index contributed by atoms with van der Waals surface area (Å²) in [5.41, 5.74) is 2.38. The van der Waals surface area contributed by atoms with Gasteiger partial charge in [-0.3, -0.25) is 9.48 Å².